The van der Waals surface area contributed by atoms with Gasteiger partial charge in [-0.3, -0.25) is 0 Å². The van der Waals surface area contributed by atoms with E-state index < -0.39 is 0 Å². The van der Waals surface area contributed by atoms with Crippen molar-refractivity contribution in [1.82, 2.24) is 5.32 Å². The number of halogens is 2. The smallest absolute Gasteiger partial charge is 0.138 e. The van der Waals surface area contributed by atoms with Crippen molar-refractivity contribution in [2.75, 3.05) is 0 Å². The largest absolute Gasteiger partial charge is 0.487 e. The fourth-order valence-corrected chi connectivity index (χ4v) is 3.52. The molecule has 20 heavy (non-hydrogen) atoms. The summed E-state index contributed by atoms with van der Waals surface area (Å²) in [6.07, 6.45) is 2.59. The van der Waals surface area contributed by atoms with Crippen LogP contribution in [-0.4, -0.2) is 6.04 Å². The summed E-state index contributed by atoms with van der Waals surface area (Å²) in [7, 11) is 0. The molecule has 1 aliphatic carbocycles. The van der Waals surface area contributed by atoms with Crippen LogP contribution in [0, 0.1) is 0 Å². The van der Waals surface area contributed by atoms with Crippen molar-refractivity contribution in [2.45, 2.75) is 32.0 Å². The summed E-state index contributed by atoms with van der Waals surface area (Å²) in [5.41, 5.74) is 1.20. The lowest BCUT2D eigenvalue weighted by Gasteiger charge is -2.09. The third kappa shape index (κ3) is 3.98. The van der Waals surface area contributed by atoms with Crippen LogP contribution < -0.4 is 10.1 Å². The molecule has 3 rings (SSSR count). The maximum Gasteiger partial charge on any atom is 0.138 e. The first kappa shape index (κ1) is 14.4. The number of hydrogen-bond acceptors (Lipinski definition) is 3. The first-order chi connectivity index (χ1) is 9.70. The molecule has 5 heteroatoms. The average Bonchev–Trinajstić information content (AvgIpc) is 3.17. The van der Waals surface area contributed by atoms with Gasteiger partial charge in [-0.15, -0.1) is 11.3 Å². The zero-order valence-electron chi connectivity index (χ0n) is 10.9. The van der Waals surface area contributed by atoms with Gasteiger partial charge in [0.25, 0.3) is 0 Å². The van der Waals surface area contributed by atoms with Gasteiger partial charge in [-0.1, -0.05) is 17.7 Å². The van der Waals surface area contributed by atoms with Crippen LogP contribution in [0.2, 0.25) is 5.02 Å². The Bertz CT molecular complexity index is 597. The second kappa shape index (κ2) is 6.48. The topological polar surface area (TPSA) is 21.3 Å². The van der Waals surface area contributed by atoms with E-state index in [1.165, 1.54) is 23.3 Å². The van der Waals surface area contributed by atoms with Gasteiger partial charge in [0.1, 0.15) is 12.4 Å². The van der Waals surface area contributed by atoms with Crippen LogP contribution in [0.5, 0.6) is 5.75 Å². The average molecular weight is 373 g/mol. The molecule has 0 bridgehead atoms. The highest BCUT2D eigenvalue weighted by Gasteiger charge is 2.20. The van der Waals surface area contributed by atoms with E-state index in [0.29, 0.717) is 17.7 Å². The second-order valence-corrected chi connectivity index (χ2v) is 7.26. The molecular weight excluding hydrogens is 358 g/mol. The van der Waals surface area contributed by atoms with E-state index in [2.05, 4.69) is 33.4 Å². The van der Waals surface area contributed by atoms with Gasteiger partial charge in [0, 0.05) is 27.3 Å². The van der Waals surface area contributed by atoms with Gasteiger partial charge < -0.3 is 10.1 Å². The molecule has 2 aromatic rings. The van der Waals surface area contributed by atoms with Gasteiger partial charge in [-0.2, -0.15) is 0 Å². The first-order valence-electron chi connectivity index (χ1n) is 6.58. The molecule has 0 spiro atoms. The number of benzene rings is 1. The van der Waals surface area contributed by atoms with Crippen LogP contribution in [0.4, 0.5) is 0 Å². The van der Waals surface area contributed by atoms with Crippen LogP contribution in [-0.2, 0) is 13.2 Å². The fourth-order valence-electron chi connectivity index (χ4n) is 1.90. The molecule has 1 heterocycles. The Balaban J connectivity index is 1.58. The Morgan fingerprint density at radius 3 is 2.85 bits per heavy atom. The Morgan fingerprint density at radius 1 is 1.35 bits per heavy atom. The van der Waals surface area contributed by atoms with Crippen LogP contribution in [0.1, 0.15) is 23.3 Å². The highest BCUT2D eigenvalue weighted by atomic mass is 79.9. The van der Waals surface area contributed by atoms with Crippen LogP contribution >= 0.6 is 38.9 Å². The Hall–Kier alpha value is -0.550. The van der Waals surface area contributed by atoms with Gasteiger partial charge in [-0.25, -0.2) is 0 Å². The number of rotatable bonds is 6. The minimum absolute atomic E-state index is 0.551. The minimum atomic E-state index is 0.551. The number of nitrogens with one attached hydrogen (secondary N) is 1. The summed E-state index contributed by atoms with van der Waals surface area (Å²) < 4.78 is 6.86. The van der Waals surface area contributed by atoms with Crippen molar-refractivity contribution in [3.05, 3.63) is 49.6 Å². The lowest BCUT2D eigenvalue weighted by atomic mass is 10.2. The SMILES string of the molecule is Clc1cc(CNC2CC2)ccc1OCc1cc(Br)cs1. The van der Waals surface area contributed by atoms with E-state index in [-0.39, 0.29) is 0 Å². The summed E-state index contributed by atoms with van der Waals surface area (Å²) in [5.74, 6) is 0.742. The maximum absolute atomic E-state index is 6.27. The van der Waals surface area contributed by atoms with Crippen molar-refractivity contribution in [3.8, 4) is 5.75 Å². The molecule has 1 fully saturated rings. The molecule has 0 radical (unpaired) electrons. The minimum Gasteiger partial charge on any atom is -0.487 e. The fraction of sp³-hybridized carbons (Fsp3) is 0.333. The maximum atomic E-state index is 6.27. The van der Waals surface area contributed by atoms with Crippen molar-refractivity contribution < 1.29 is 4.74 Å². The van der Waals surface area contributed by atoms with E-state index >= 15 is 0 Å². The third-order valence-corrected chi connectivity index (χ3v) is 5.13. The quantitative estimate of drug-likeness (QED) is 0.771. The zero-order valence-corrected chi connectivity index (χ0v) is 14.0. The first-order valence-corrected chi connectivity index (χ1v) is 8.63. The zero-order chi connectivity index (χ0) is 13.9. The van der Waals surface area contributed by atoms with Crippen molar-refractivity contribution >= 4 is 38.9 Å². The van der Waals surface area contributed by atoms with Crippen molar-refractivity contribution in [3.63, 3.8) is 0 Å². The van der Waals surface area contributed by atoms with Gasteiger partial charge in [-0.05, 0) is 52.5 Å². The summed E-state index contributed by atoms with van der Waals surface area (Å²) in [6.45, 7) is 1.43. The van der Waals surface area contributed by atoms with Gasteiger partial charge >= 0.3 is 0 Å². The molecule has 2 nitrogen and oxygen atoms in total. The number of hydrogen-bond donors (Lipinski definition) is 1. The van der Waals surface area contributed by atoms with Gasteiger partial charge in [0.15, 0.2) is 0 Å². The molecule has 1 aromatic heterocycles. The molecule has 106 valence electrons. The van der Waals surface area contributed by atoms with Crippen molar-refractivity contribution in [2.24, 2.45) is 0 Å². The molecular formula is C15H15BrClNOS. The summed E-state index contributed by atoms with van der Waals surface area (Å²) >= 11 is 11.4. The van der Waals surface area contributed by atoms with Crippen LogP contribution in [0.15, 0.2) is 34.1 Å². The van der Waals surface area contributed by atoms with E-state index in [9.17, 15) is 0 Å². The normalized spacial score (nSPS) is 14.5. The molecule has 0 aliphatic heterocycles. The van der Waals surface area contributed by atoms with Gasteiger partial charge in [0.05, 0.1) is 5.02 Å². The summed E-state index contributed by atoms with van der Waals surface area (Å²) in [5, 5.41) is 6.20. The summed E-state index contributed by atoms with van der Waals surface area (Å²) in [6, 6.07) is 8.78. The van der Waals surface area contributed by atoms with E-state index in [0.717, 1.165) is 16.8 Å². The molecule has 0 atom stereocenters. The number of thiophene rings is 1. The molecule has 1 N–H and O–H groups in total. The predicted octanol–water partition coefficient (Wildman–Crippen LogP) is 5.00. The lowest BCUT2D eigenvalue weighted by Crippen LogP contribution is -2.15. The van der Waals surface area contributed by atoms with Crippen LogP contribution in [0.3, 0.4) is 0 Å². The Kier molecular flexibility index (Phi) is 4.66. The van der Waals surface area contributed by atoms with Gasteiger partial charge in [0.2, 0.25) is 0 Å². The standard InChI is InChI=1S/C15H15BrClNOS/c16-11-6-13(20-9-11)8-19-15-4-1-10(5-14(15)17)7-18-12-2-3-12/h1,4-6,9,12,18H,2-3,7-8H2. The summed E-state index contributed by atoms with van der Waals surface area (Å²) in [4.78, 5) is 1.17. The Morgan fingerprint density at radius 2 is 2.20 bits per heavy atom. The highest BCUT2D eigenvalue weighted by Crippen LogP contribution is 2.28. The van der Waals surface area contributed by atoms with Crippen molar-refractivity contribution in [1.29, 1.82) is 0 Å². The van der Waals surface area contributed by atoms with E-state index in [1.54, 1.807) is 11.3 Å². The molecule has 0 unspecified atom stereocenters. The highest BCUT2D eigenvalue weighted by molar-refractivity contribution is 9.10. The van der Waals surface area contributed by atoms with E-state index in [4.69, 9.17) is 16.3 Å². The molecule has 1 aromatic carbocycles. The van der Waals surface area contributed by atoms with E-state index in [1.807, 2.05) is 17.5 Å². The predicted molar refractivity (Wildman–Crippen MR) is 87.7 cm³/mol. The third-order valence-electron chi connectivity index (χ3n) is 3.16. The van der Waals surface area contributed by atoms with Crippen LogP contribution in [0.25, 0.3) is 0 Å². The second-order valence-electron chi connectivity index (χ2n) is 4.94. The molecule has 1 aliphatic rings. The lowest BCUT2D eigenvalue weighted by molar-refractivity contribution is 0.310. The molecule has 0 saturated heterocycles. The molecule has 0 amide bonds. The number of ether oxygens (including phenoxy) is 1. The monoisotopic (exact) mass is 371 g/mol. The Labute approximate surface area is 136 Å². The molecule has 1 saturated carbocycles.